The number of methoxy groups -OCH3 is 2. The van der Waals surface area contributed by atoms with E-state index < -0.39 is 17.0 Å². The molecule has 44 heavy (non-hydrogen) atoms. The van der Waals surface area contributed by atoms with Crippen LogP contribution in [-0.4, -0.2) is 59.4 Å². The number of ether oxygens (including phenoxy) is 2. The molecule has 0 saturated carbocycles. The number of hydrogen-bond acceptors (Lipinski definition) is 7. The highest BCUT2D eigenvalue weighted by atomic mass is 19.1. The van der Waals surface area contributed by atoms with Crippen molar-refractivity contribution in [2.75, 3.05) is 33.1 Å². The fourth-order valence-electron chi connectivity index (χ4n) is 5.83. The predicted octanol–water partition coefficient (Wildman–Crippen LogP) is 5.46. The molecule has 9 nitrogen and oxygen atoms in total. The molecule has 11 heteroatoms. The number of rotatable bonds is 8. The van der Waals surface area contributed by atoms with Crippen LogP contribution in [-0.2, 0) is 23.3 Å². The molecule has 1 atom stereocenters. The van der Waals surface area contributed by atoms with Crippen LogP contribution < -0.4 is 14.8 Å². The van der Waals surface area contributed by atoms with Crippen LogP contribution in [0, 0.1) is 11.6 Å². The van der Waals surface area contributed by atoms with Gasteiger partial charge in [-0.15, -0.1) is 0 Å². The van der Waals surface area contributed by atoms with Crippen molar-refractivity contribution >= 4 is 23.3 Å². The number of aromatic nitrogens is 2. The van der Waals surface area contributed by atoms with Crippen LogP contribution in [0.5, 0.6) is 11.5 Å². The number of fused-ring (bicyclic) bond motifs is 1. The van der Waals surface area contributed by atoms with E-state index in [0.29, 0.717) is 35.8 Å². The Balaban J connectivity index is 1.37. The monoisotopic (exact) mass is 599 g/mol. The van der Waals surface area contributed by atoms with Crippen molar-refractivity contribution in [3.8, 4) is 22.9 Å². The van der Waals surface area contributed by atoms with E-state index in [2.05, 4.69) is 15.3 Å². The van der Waals surface area contributed by atoms with Crippen molar-refractivity contribution in [1.29, 1.82) is 0 Å². The normalized spacial score (nSPS) is 17.7. The average molecular weight is 600 g/mol. The number of nitrogens with one attached hydrogen (secondary N) is 1. The van der Waals surface area contributed by atoms with Crippen molar-refractivity contribution in [1.82, 2.24) is 19.8 Å². The lowest BCUT2D eigenvalue weighted by Crippen LogP contribution is -2.33. The molecule has 2 aliphatic heterocycles. The van der Waals surface area contributed by atoms with Crippen LogP contribution >= 0.6 is 0 Å². The van der Waals surface area contributed by atoms with Gasteiger partial charge in [-0.05, 0) is 55.3 Å². The zero-order valence-electron chi connectivity index (χ0n) is 24.8. The van der Waals surface area contributed by atoms with Crippen molar-refractivity contribution in [3.05, 3.63) is 94.7 Å². The lowest BCUT2D eigenvalue weighted by molar-refractivity contribution is -0.130. The number of halogens is 2. The summed E-state index contributed by atoms with van der Waals surface area (Å²) in [4.78, 5) is 38.8. The van der Waals surface area contributed by atoms with Gasteiger partial charge in [-0.3, -0.25) is 9.59 Å². The maximum absolute atomic E-state index is 14.8. The van der Waals surface area contributed by atoms with Gasteiger partial charge in [-0.1, -0.05) is 18.2 Å². The number of carbonyl (C=O) groups excluding carboxylic acids is 2. The summed E-state index contributed by atoms with van der Waals surface area (Å²) in [5.74, 6) is -0.813. The Morgan fingerprint density at radius 2 is 1.68 bits per heavy atom. The number of nitrogens with zero attached hydrogens (tertiary/aromatic N) is 4. The van der Waals surface area contributed by atoms with Crippen LogP contribution in [0.3, 0.4) is 0 Å². The molecular formula is C33H31F2N5O4. The average Bonchev–Trinajstić information content (AvgIpc) is 3.48. The van der Waals surface area contributed by atoms with Crippen LogP contribution in [0.2, 0.25) is 0 Å². The summed E-state index contributed by atoms with van der Waals surface area (Å²) in [6.45, 7) is 2.90. The third-order valence-electron chi connectivity index (χ3n) is 8.42. The van der Waals surface area contributed by atoms with E-state index in [9.17, 15) is 18.4 Å². The van der Waals surface area contributed by atoms with Crippen LogP contribution in [0.25, 0.3) is 11.4 Å². The van der Waals surface area contributed by atoms with Gasteiger partial charge in [0.25, 0.3) is 5.91 Å². The molecule has 0 radical (unpaired) electrons. The van der Waals surface area contributed by atoms with E-state index >= 15 is 0 Å². The number of hydrogen-bond donors (Lipinski definition) is 1. The maximum Gasteiger partial charge on any atom is 0.260 e. The van der Waals surface area contributed by atoms with Crippen LogP contribution in [0.4, 0.5) is 20.3 Å². The first-order chi connectivity index (χ1) is 21.1. The zero-order valence-corrected chi connectivity index (χ0v) is 24.8. The molecule has 1 fully saturated rings. The van der Waals surface area contributed by atoms with Gasteiger partial charge in [0, 0.05) is 30.9 Å². The molecule has 0 spiro atoms. The van der Waals surface area contributed by atoms with Crippen LogP contribution in [0.1, 0.15) is 40.5 Å². The summed E-state index contributed by atoms with van der Waals surface area (Å²) >= 11 is 0. The predicted molar refractivity (Wildman–Crippen MR) is 160 cm³/mol. The minimum absolute atomic E-state index is 0.0579. The second-order valence-electron chi connectivity index (χ2n) is 11.2. The van der Waals surface area contributed by atoms with Gasteiger partial charge in [0.1, 0.15) is 34.5 Å². The lowest BCUT2D eigenvalue weighted by atomic mass is 9.81. The molecule has 1 N–H and O–H groups in total. The largest absolute Gasteiger partial charge is 0.497 e. The Bertz CT molecular complexity index is 1760. The number of benzene rings is 3. The topological polar surface area (TPSA) is 96.9 Å². The molecule has 4 aromatic rings. The lowest BCUT2D eigenvalue weighted by Gasteiger charge is -2.23. The molecular weight excluding hydrogens is 568 g/mol. The molecule has 2 amide bonds. The zero-order chi connectivity index (χ0) is 31.2. The van der Waals surface area contributed by atoms with Crippen molar-refractivity contribution < 1.29 is 27.8 Å². The number of carbonyl (C=O) groups is 2. The first-order valence-electron chi connectivity index (χ1n) is 14.1. The third-order valence-corrected chi connectivity index (χ3v) is 8.42. The first-order valence-corrected chi connectivity index (χ1v) is 14.1. The number of likely N-dealkylation sites (N-methyl/N-ethyl adjacent to an activating group) is 1. The molecule has 2 aliphatic rings. The smallest absolute Gasteiger partial charge is 0.260 e. The second-order valence-corrected chi connectivity index (χ2v) is 11.2. The van der Waals surface area contributed by atoms with Crippen LogP contribution in [0.15, 0.2) is 60.7 Å². The fraction of sp³-hybridized carbons (Fsp3) is 0.273. The second kappa shape index (κ2) is 11.2. The highest BCUT2D eigenvalue weighted by Crippen LogP contribution is 2.37. The Morgan fingerprint density at radius 1 is 0.955 bits per heavy atom. The van der Waals surface area contributed by atoms with E-state index in [1.807, 2.05) is 25.1 Å². The maximum atomic E-state index is 14.8. The third kappa shape index (κ3) is 4.97. The molecule has 1 unspecified atom stereocenters. The Labute approximate surface area is 253 Å². The van der Waals surface area contributed by atoms with E-state index in [0.717, 1.165) is 23.3 Å². The summed E-state index contributed by atoms with van der Waals surface area (Å²) in [5.41, 5.74) is 1.73. The highest BCUT2D eigenvalue weighted by molar-refractivity contribution is 6.03. The van der Waals surface area contributed by atoms with Gasteiger partial charge in [0.15, 0.2) is 5.82 Å². The SMILES string of the molecule is COc1ccc(CN2Cc3nc(-c4c(F)cccc4F)nc(Nc4ccc(C5(C)CCN(C)C5=O)cc4)c3C2=O)c(OC)c1. The van der Waals surface area contributed by atoms with Crippen molar-refractivity contribution in [3.63, 3.8) is 0 Å². The minimum atomic E-state index is -0.816. The quantitative estimate of drug-likeness (QED) is 0.287. The van der Waals surface area contributed by atoms with Gasteiger partial charge >= 0.3 is 0 Å². The van der Waals surface area contributed by atoms with Gasteiger partial charge < -0.3 is 24.6 Å². The number of amides is 2. The van der Waals surface area contributed by atoms with Gasteiger partial charge in [-0.25, -0.2) is 18.7 Å². The molecule has 1 aromatic heterocycles. The Morgan fingerprint density at radius 3 is 2.32 bits per heavy atom. The van der Waals surface area contributed by atoms with Crippen molar-refractivity contribution in [2.45, 2.75) is 31.8 Å². The van der Waals surface area contributed by atoms with E-state index in [1.165, 1.54) is 13.2 Å². The summed E-state index contributed by atoms with van der Waals surface area (Å²) in [6, 6.07) is 16.2. The summed E-state index contributed by atoms with van der Waals surface area (Å²) < 4.78 is 40.5. The van der Waals surface area contributed by atoms with Crippen molar-refractivity contribution in [2.24, 2.45) is 0 Å². The van der Waals surface area contributed by atoms with E-state index in [-0.39, 0.29) is 47.7 Å². The van der Waals surface area contributed by atoms with E-state index in [4.69, 9.17) is 9.47 Å². The standard InChI is InChI=1S/C33H31F2N5O4/c1-33(14-15-39(2)32(33)42)20-9-11-21(12-10-20)36-30-28-25(37-29(38-30)27-23(34)6-5-7-24(27)35)18-40(31(28)41)17-19-8-13-22(43-3)16-26(19)44-4/h5-13,16H,14-15,17-18H2,1-4H3,(H,36,37,38). The molecule has 1 saturated heterocycles. The summed E-state index contributed by atoms with van der Waals surface area (Å²) in [5, 5.41) is 3.18. The van der Waals surface area contributed by atoms with Gasteiger partial charge in [-0.2, -0.15) is 0 Å². The Hall–Kier alpha value is -5.06. The highest BCUT2D eigenvalue weighted by Gasteiger charge is 2.42. The van der Waals surface area contributed by atoms with E-state index in [1.54, 1.807) is 48.2 Å². The summed E-state index contributed by atoms with van der Waals surface area (Å²) in [6.07, 6.45) is 0.704. The first kappa shape index (κ1) is 29.0. The number of likely N-dealkylation sites (tertiary alicyclic amines) is 1. The Kier molecular flexibility index (Phi) is 7.40. The molecule has 226 valence electrons. The molecule has 0 aliphatic carbocycles. The fourth-order valence-corrected chi connectivity index (χ4v) is 5.83. The summed E-state index contributed by atoms with van der Waals surface area (Å²) in [7, 11) is 4.88. The van der Waals surface area contributed by atoms with Gasteiger partial charge in [0.05, 0.1) is 44.0 Å². The molecule has 3 heterocycles. The number of anilines is 2. The molecule has 3 aromatic carbocycles. The van der Waals surface area contributed by atoms with Gasteiger partial charge in [0.2, 0.25) is 5.91 Å². The minimum Gasteiger partial charge on any atom is -0.497 e. The molecule has 0 bridgehead atoms. The molecule has 6 rings (SSSR count).